The number of aliphatic imine (C=N–C) groups is 1. The first-order chi connectivity index (χ1) is 23.5. The molecule has 8 rings (SSSR count). The maximum absolute atomic E-state index is 14.2. The van der Waals surface area contributed by atoms with Crippen LogP contribution in [-0.4, -0.2) is 102 Å². The third-order valence-corrected chi connectivity index (χ3v) is 12.9. The van der Waals surface area contributed by atoms with Crippen molar-refractivity contribution in [2.45, 2.75) is 59.5 Å². The van der Waals surface area contributed by atoms with Gasteiger partial charge in [-0.1, -0.05) is 57.0 Å². The van der Waals surface area contributed by atoms with Crippen molar-refractivity contribution in [3.63, 3.8) is 0 Å². The Balaban J connectivity index is 1.21. The molecule has 3 aliphatic carbocycles. The number of halogens is 2. The average molecular weight is 708 g/mol. The Morgan fingerprint density at radius 2 is 1.76 bits per heavy atom. The molecule has 0 amide bonds. The van der Waals surface area contributed by atoms with E-state index in [4.69, 9.17) is 33.2 Å². The summed E-state index contributed by atoms with van der Waals surface area (Å²) in [5, 5.41) is 5.58. The van der Waals surface area contributed by atoms with Crippen molar-refractivity contribution in [2.75, 3.05) is 76.2 Å². The number of nitrogens with one attached hydrogen (secondary N) is 1. The average Bonchev–Trinajstić information content (AvgIpc) is 3.09. The Hall–Kier alpha value is -2.85. The van der Waals surface area contributed by atoms with E-state index in [2.05, 4.69) is 59.7 Å². The zero-order chi connectivity index (χ0) is 34.4. The van der Waals surface area contributed by atoms with E-state index in [-0.39, 0.29) is 5.56 Å². The largest absolute Gasteiger partial charge is 0.340 e. The summed E-state index contributed by atoms with van der Waals surface area (Å²) < 4.78 is 1.84. The lowest BCUT2D eigenvalue weighted by Crippen LogP contribution is -2.57. The van der Waals surface area contributed by atoms with Crippen molar-refractivity contribution in [1.82, 2.24) is 24.3 Å². The standard InChI is InChI=1S/C38H52Cl2N8O/c1-6-45-15-19-47(20-16-45)37-43-34-24-29(9-10-30(34)35(49)48(37)12-11-26-7-8-28(39)23-32(26)40)41-36(46-17-13-44(5)14-18-46)42-33-22-27-21-31(25(33)2)38(27,3)4/h7-10,23-25,27,31,33H,6,11-22H2,1-5H3,(H,41,42)/t25-,27-,31+,33?/m0/s1. The molecule has 3 saturated carbocycles. The van der Waals surface area contributed by atoms with Gasteiger partial charge >= 0.3 is 0 Å². The van der Waals surface area contributed by atoms with Crippen molar-refractivity contribution in [3.05, 3.63) is 62.4 Å². The van der Waals surface area contributed by atoms with E-state index >= 15 is 0 Å². The summed E-state index contributed by atoms with van der Waals surface area (Å²) in [6, 6.07) is 11.9. The van der Waals surface area contributed by atoms with Crippen LogP contribution in [0.25, 0.3) is 10.9 Å². The van der Waals surface area contributed by atoms with Crippen LogP contribution in [0.5, 0.6) is 0 Å². The van der Waals surface area contributed by atoms with E-state index in [1.54, 1.807) is 6.07 Å². The molecule has 1 aromatic heterocycles. The van der Waals surface area contributed by atoms with Crippen LogP contribution >= 0.6 is 23.2 Å². The fourth-order valence-electron chi connectivity index (χ4n) is 8.74. The Morgan fingerprint density at radius 3 is 2.43 bits per heavy atom. The van der Waals surface area contributed by atoms with Gasteiger partial charge in [-0.15, -0.1) is 0 Å². The number of anilines is 2. The maximum Gasteiger partial charge on any atom is 0.262 e. The summed E-state index contributed by atoms with van der Waals surface area (Å²) >= 11 is 12.7. The third-order valence-electron chi connectivity index (χ3n) is 12.3. The number of benzene rings is 2. The summed E-state index contributed by atoms with van der Waals surface area (Å²) in [6.07, 6.45) is 3.10. The quantitative estimate of drug-likeness (QED) is 0.233. The summed E-state index contributed by atoms with van der Waals surface area (Å²) in [6.45, 7) is 18.4. The summed E-state index contributed by atoms with van der Waals surface area (Å²) in [4.78, 5) is 34.5. The zero-order valence-electron chi connectivity index (χ0n) is 29.8. The number of aromatic nitrogens is 2. The van der Waals surface area contributed by atoms with Crippen molar-refractivity contribution < 1.29 is 0 Å². The van der Waals surface area contributed by atoms with Crippen molar-refractivity contribution >= 4 is 51.7 Å². The second-order valence-corrected chi connectivity index (χ2v) is 16.2. The predicted octanol–water partition coefficient (Wildman–Crippen LogP) is 6.17. The Kier molecular flexibility index (Phi) is 9.92. The number of fused-ring (bicyclic) bond motifs is 3. The fourth-order valence-corrected chi connectivity index (χ4v) is 9.24. The molecule has 11 heteroatoms. The molecule has 2 aliphatic heterocycles. The molecule has 5 fully saturated rings. The van der Waals surface area contributed by atoms with E-state index in [1.165, 1.54) is 6.42 Å². The molecule has 5 aliphatic rings. The van der Waals surface area contributed by atoms with Gasteiger partial charge in [0.2, 0.25) is 5.95 Å². The van der Waals surface area contributed by atoms with Crippen LogP contribution in [0.4, 0.5) is 11.6 Å². The number of aryl methyl sites for hydroxylation is 1. The van der Waals surface area contributed by atoms with Crippen LogP contribution in [-0.2, 0) is 13.0 Å². The highest BCUT2D eigenvalue weighted by atomic mass is 35.5. The van der Waals surface area contributed by atoms with Crippen LogP contribution < -0.4 is 15.8 Å². The lowest BCUT2D eigenvalue weighted by atomic mass is 9.45. The molecule has 2 saturated heterocycles. The van der Waals surface area contributed by atoms with Gasteiger partial charge in [0.25, 0.3) is 5.56 Å². The van der Waals surface area contributed by atoms with Gasteiger partial charge in [-0.05, 0) is 91.9 Å². The lowest BCUT2D eigenvalue weighted by Gasteiger charge is -2.61. The Morgan fingerprint density at radius 1 is 1.00 bits per heavy atom. The van der Waals surface area contributed by atoms with Crippen LogP contribution in [0.15, 0.2) is 46.2 Å². The molecule has 3 heterocycles. The van der Waals surface area contributed by atoms with Gasteiger partial charge < -0.3 is 24.9 Å². The highest BCUT2D eigenvalue weighted by Crippen LogP contribution is 2.61. The van der Waals surface area contributed by atoms with E-state index in [9.17, 15) is 4.79 Å². The van der Waals surface area contributed by atoms with Gasteiger partial charge in [0.15, 0.2) is 5.96 Å². The molecule has 1 unspecified atom stereocenters. The van der Waals surface area contributed by atoms with E-state index < -0.39 is 0 Å². The molecule has 49 heavy (non-hydrogen) atoms. The molecule has 2 aromatic carbocycles. The van der Waals surface area contributed by atoms with Crippen molar-refractivity contribution in [2.24, 2.45) is 28.2 Å². The highest BCUT2D eigenvalue weighted by molar-refractivity contribution is 6.35. The fraction of sp³-hybridized carbons (Fsp3) is 0.605. The van der Waals surface area contributed by atoms with Crippen LogP contribution in [0, 0.1) is 23.2 Å². The number of piperazine rings is 2. The van der Waals surface area contributed by atoms with Crippen molar-refractivity contribution in [1.29, 1.82) is 0 Å². The number of hydrogen-bond donors (Lipinski definition) is 1. The summed E-state index contributed by atoms with van der Waals surface area (Å²) in [5.74, 6) is 3.71. The van der Waals surface area contributed by atoms with Crippen LogP contribution in [0.1, 0.15) is 46.1 Å². The first-order valence-electron chi connectivity index (χ1n) is 18.3. The summed E-state index contributed by atoms with van der Waals surface area (Å²) in [7, 11) is 2.19. The van der Waals surface area contributed by atoms with E-state index in [0.29, 0.717) is 51.3 Å². The number of hydrogen-bond acceptors (Lipinski definition) is 6. The minimum atomic E-state index is -0.0274. The number of nitrogens with zero attached hydrogens (tertiary/aromatic N) is 7. The normalized spacial score (nSPS) is 26.2. The minimum Gasteiger partial charge on any atom is -0.340 e. The molecular weight excluding hydrogens is 655 g/mol. The highest BCUT2D eigenvalue weighted by Gasteiger charge is 2.56. The first-order valence-corrected chi connectivity index (χ1v) is 19.0. The first kappa shape index (κ1) is 34.6. The number of likely N-dealkylation sites (N-methyl/N-ethyl adjacent to an activating group) is 2. The van der Waals surface area contributed by atoms with E-state index in [1.807, 2.05) is 34.9 Å². The SMILES string of the molecule is CCN1CCN(c2nc3cc(NC(=NC4C[C@@H]5C[C@H]([C@@H]4C)C5(C)C)N4CCN(C)CC4)ccc3c(=O)n2CCc2ccc(Cl)cc2Cl)CC1. The molecule has 0 spiro atoms. The second-order valence-electron chi connectivity index (χ2n) is 15.4. The number of guanidine groups is 1. The maximum atomic E-state index is 14.2. The Bertz CT molecular complexity index is 1760. The smallest absolute Gasteiger partial charge is 0.262 e. The molecule has 3 aromatic rings. The van der Waals surface area contributed by atoms with Gasteiger partial charge in [0.1, 0.15) is 0 Å². The molecule has 0 radical (unpaired) electrons. The van der Waals surface area contributed by atoms with Gasteiger partial charge in [-0.2, -0.15) is 0 Å². The van der Waals surface area contributed by atoms with Gasteiger partial charge in [0, 0.05) is 74.6 Å². The monoisotopic (exact) mass is 706 g/mol. The topological polar surface area (TPSA) is 72.2 Å². The summed E-state index contributed by atoms with van der Waals surface area (Å²) in [5.41, 5.74) is 2.98. The van der Waals surface area contributed by atoms with Gasteiger partial charge in [0.05, 0.1) is 16.9 Å². The number of rotatable bonds is 7. The van der Waals surface area contributed by atoms with Gasteiger partial charge in [-0.25, -0.2) is 9.98 Å². The lowest BCUT2D eigenvalue weighted by molar-refractivity contribution is -0.108. The molecule has 264 valence electrons. The second kappa shape index (κ2) is 14.0. The van der Waals surface area contributed by atoms with Crippen LogP contribution in [0.3, 0.4) is 0 Å². The molecular formula is C38H52Cl2N8O. The molecule has 9 nitrogen and oxygen atoms in total. The Labute approximate surface area is 301 Å². The molecule has 1 N–H and O–H groups in total. The van der Waals surface area contributed by atoms with Crippen molar-refractivity contribution in [3.8, 4) is 0 Å². The van der Waals surface area contributed by atoms with Crippen LogP contribution in [0.2, 0.25) is 10.0 Å². The van der Waals surface area contributed by atoms with E-state index in [0.717, 1.165) is 100 Å². The molecule has 2 bridgehead atoms. The minimum absolute atomic E-state index is 0.0274. The predicted molar refractivity (Wildman–Crippen MR) is 204 cm³/mol. The van der Waals surface area contributed by atoms with Gasteiger partial charge in [-0.3, -0.25) is 9.36 Å². The molecule has 4 atom stereocenters. The third kappa shape index (κ3) is 6.93. The zero-order valence-corrected chi connectivity index (χ0v) is 31.3.